The van der Waals surface area contributed by atoms with E-state index in [1.807, 2.05) is 0 Å². The topological polar surface area (TPSA) is 134 Å². The number of carbonyl (C=O) groups is 2. The normalized spacial score (nSPS) is 10.4. The molecule has 2 N–H and O–H groups in total. The SMILES string of the molecule is CCOC(=O)CCN/C=C(/C#N)C(=O)Nc1cccc([N+](=O)[O-])c1. The van der Waals surface area contributed by atoms with Crippen molar-refractivity contribution in [3.63, 3.8) is 0 Å². The first kappa shape index (κ1) is 18.6. The third-order valence-corrected chi connectivity index (χ3v) is 2.71. The summed E-state index contributed by atoms with van der Waals surface area (Å²) in [6, 6.07) is 7.06. The number of nitrogens with zero attached hydrogens (tertiary/aromatic N) is 2. The van der Waals surface area contributed by atoms with Gasteiger partial charge in [0.2, 0.25) is 0 Å². The molecule has 0 spiro atoms. The first-order valence-corrected chi connectivity index (χ1v) is 7.03. The summed E-state index contributed by atoms with van der Waals surface area (Å²) in [6.07, 6.45) is 1.27. The molecule has 0 aliphatic heterocycles. The minimum absolute atomic E-state index is 0.0928. The molecule has 0 atom stereocenters. The van der Waals surface area contributed by atoms with Crippen LogP contribution in [0.1, 0.15) is 13.3 Å². The van der Waals surface area contributed by atoms with E-state index in [9.17, 15) is 19.7 Å². The van der Waals surface area contributed by atoms with Gasteiger partial charge in [-0.05, 0) is 13.0 Å². The summed E-state index contributed by atoms with van der Waals surface area (Å²) in [4.78, 5) is 33.2. The molecule has 0 unspecified atom stereocenters. The van der Waals surface area contributed by atoms with E-state index in [0.717, 1.165) is 0 Å². The fourth-order valence-corrected chi connectivity index (χ4v) is 1.63. The maximum absolute atomic E-state index is 12.0. The van der Waals surface area contributed by atoms with Crippen LogP contribution in [0.3, 0.4) is 0 Å². The van der Waals surface area contributed by atoms with E-state index in [4.69, 9.17) is 10.00 Å². The van der Waals surface area contributed by atoms with Gasteiger partial charge in [-0.3, -0.25) is 19.7 Å². The number of anilines is 1. The van der Waals surface area contributed by atoms with E-state index in [1.54, 1.807) is 13.0 Å². The summed E-state index contributed by atoms with van der Waals surface area (Å²) in [6.45, 7) is 2.18. The van der Waals surface area contributed by atoms with Crippen molar-refractivity contribution in [1.82, 2.24) is 5.32 Å². The van der Waals surface area contributed by atoms with Gasteiger partial charge in [-0.1, -0.05) is 6.07 Å². The largest absolute Gasteiger partial charge is 0.466 e. The van der Waals surface area contributed by atoms with Gasteiger partial charge in [-0.25, -0.2) is 0 Å². The van der Waals surface area contributed by atoms with Gasteiger partial charge >= 0.3 is 5.97 Å². The zero-order valence-corrected chi connectivity index (χ0v) is 12.9. The Bertz CT molecular complexity index is 693. The molecule has 1 rings (SSSR count). The van der Waals surface area contributed by atoms with Crippen LogP contribution in [-0.2, 0) is 14.3 Å². The molecule has 0 fully saturated rings. The second kappa shape index (κ2) is 9.58. The minimum atomic E-state index is -0.721. The number of amides is 1. The fraction of sp³-hybridized carbons (Fsp3) is 0.267. The Labute approximate surface area is 138 Å². The van der Waals surface area contributed by atoms with E-state index in [1.165, 1.54) is 30.5 Å². The number of nitriles is 1. The Kier molecular flexibility index (Phi) is 7.44. The van der Waals surface area contributed by atoms with Crippen LogP contribution in [0.25, 0.3) is 0 Å². The van der Waals surface area contributed by atoms with E-state index in [0.29, 0.717) is 0 Å². The summed E-state index contributed by atoms with van der Waals surface area (Å²) < 4.78 is 4.73. The van der Waals surface area contributed by atoms with Crippen LogP contribution in [0, 0.1) is 21.4 Å². The average molecular weight is 332 g/mol. The van der Waals surface area contributed by atoms with Crippen LogP contribution in [0.5, 0.6) is 0 Å². The van der Waals surface area contributed by atoms with E-state index >= 15 is 0 Å². The molecule has 126 valence electrons. The highest BCUT2D eigenvalue weighted by molar-refractivity contribution is 6.06. The molecule has 0 aliphatic carbocycles. The number of carbonyl (C=O) groups excluding carboxylic acids is 2. The number of rotatable bonds is 8. The smallest absolute Gasteiger partial charge is 0.307 e. The lowest BCUT2D eigenvalue weighted by Crippen LogP contribution is -2.19. The van der Waals surface area contributed by atoms with Crippen LogP contribution in [-0.4, -0.2) is 30.0 Å². The number of hydrogen-bond acceptors (Lipinski definition) is 7. The molecule has 0 saturated heterocycles. The highest BCUT2D eigenvalue weighted by atomic mass is 16.6. The van der Waals surface area contributed by atoms with Gasteiger partial charge in [0.25, 0.3) is 11.6 Å². The van der Waals surface area contributed by atoms with Gasteiger partial charge in [-0.2, -0.15) is 5.26 Å². The van der Waals surface area contributed by atoms with E-state index in [-0.39, 0.29) is 36.5 Å². The average Bonchev–Trinajstić information content (AvgIpc) is 2.55. The monoisotopic (exact) mass is 332 g/mol. The lowest BCUT2D eigenvalue weighted by Gasteiger charge is -2.05. The number of benzene rings is 1. The highest BCUT2D eigenvalue weighted by Crippen LogP contribution is 2.17. The van der Waals surface area contributed by atoms with Gasteiger partial charge in [0.15, 0.2) is 0 Å². The van der Waals surface area contributed by atoms with Crippen molar-refractivity contribution in [2.45, 2.75) is 13.3 Å². The number of non-ortho nitro benzene ring substituents is 1. The number of ether oxygens (including phenoxy) is 1. The molecule has 0 aromatic heterocycles. The molecule has 1 aromatic carbocycles. The fourth-order valence-electron chi connectivity index (χ4n) is 1.63. The van der Waals surface area contributed by atoms with Crippen LogP contribution in [0.15, 0.2) is 36.0 Å². The Morgan fingerprint density at radius 2 is 2.21 bits per heavy atom. The maximum atomic E-state index is 12.0. The van der Waals surface area contributed by atoms with Crippen molar-refractivity contribution in [3.05, 3.63) is 46.2 Å². The van der Waals surface area contributed by atoms with Crippen molar-refractivity contribution >= 4 is 23.3 Å². The number of nitrogens with one attached hydrogen (secondary N) is 2. The molecule has 0 bridgehead atoms. The zero-order chi connectivity index (χ0) is 17.9. The molecule has 0 heterocycles. The summed E-state index contributed by atoms with van der Waals surface area (Å²) in [5, 5.41) is 24.7. The molecule has 0 aliphatic rings. The zero-order valence-electron chi connectivity index (χ0n) is 12.9. The summed E-state index contributed by atoms with van der Waals surface area (Å²) in [7, 11) is 0. The van der Waals surface area contributed by atoms with Gasteiger partial charge in [0.05, 0.1) is 18.0 Å². The molecule has 1 amide bonds. The quantitative estimate of drug-likeness (QED) is 0.184. The minimum Gasteiger partial charge on any atom is -0.466 e. The predicted molar refractivity (Wildman–Crippen MR) is 84.7 cm³/mol. The second-order valence-electron chi connectivity index (χ2n) is 4.44. The molecule has 0 saturated carbocycles. The Hall–Kier alpha value is -3.41. The molecular weight excluding hydrogens is 316 g/mol. The van der Waals surface area contributed by atoms with Crippen LogP contribution in [0.4, 0.5) is 11.4 Å². The first-order valence-electron chi connectivity index (χ1n) is 7.03. The van der Waals surface area contributed by atoms with E-state index < -0.39 is 16.8 Å². The van der Waals surface area contributed by atoms with Gasteiger partial charge in [0, 0.05) is 30.6 Å². The van der Waals surface area contributed by atoms with Gasteiger partial charge in [0.1, 0.15) is 11.6 Å². The molecule has 9 nitrogen and oxygen atoms in total. The molecule has 0 radical (unpaired) electrons. The summed E-state index contributed by atoms with van der Waals surface area (Å²) in [5.74, 6) is -1.11. The number of esters is 1. The molecular formula is C15H16N4O5. The first-order chi connectivity index (χ1) is 11.5. The van der Waals surface area contributed by atoms with Crippen molar-refractivity contribution in [2.75, 3.05) is 18.5 Å². The third kappa shape index (κ3) is 6.15. The summed E-state index contributed by atoms with van der Waals surface area (Å²) in [5.41, 5.74) is -0.213. The third-order valence-electron chi connectivity index (χ3n) is 2.71. The van der Waals surface area contributed by atoms with Crippen molar-refractivity contribution in [2.24, 2.45) is 0 Å². The Balaban J connectivity index is 2.62. The van der Waals surface area contributed by atoms with Gasteiger partial charge in [-0.15, -0.1) is 0 Å². The standard InChI is InChI=1S/C15H16N4O5/c1-2-24-14(20)6-7-17-10-11(9-16)15(21)18-12-4-3-5-13(8-12)19(22)23/h3-5,8,10,17H,2,6-7H2,1H3,(H,18,21)/b11-10-. The maximum Gasteiger partial charge on any atom is 0.307 e. The molecule has 9 heteroatoms. The van der Waals surface area contributed by atoms with Crippen molar-refractivity contribution < 1.29 is 19.2 Å². The van der Waals surface area contributed by atoms with Crippen LogP contribution >= 0.6 is 0 Å². The Morgan fingerprint density at radius 1 is 1.46 bits per heavy atom. The lowest BCUT2D eigenvalue weighted by molar-refractivity contribution is -0.384. The molecule has 1 aromatic rings. The predicted octanol–water partition coefficient (Wildman–Crippen LogP) is 1.48. The number of nitro benzene ring substituents is 1. The van der Waals surface area contributed by atoms with Crippen molar-refractivity contribution in [3.8, 4) is 6.07 Å². The number of nitro groups is 1. The van der Waals surface area contributed by atoms with Gasteiger partial charge < -0.3 is 15.4 Å². The lowest BCUT2D eigenvalue weighted by atomic mass is 10.2. The van der Waals surface area contributed by atoms with E-state index in [2.05, 4.69) is 10.6 Å². The second-order valence-corrected chi connectivity index (χ2v) is 4.44. The van der Waals surface area contributed by atoms with Crippen LogP contribution in [0.2, 0.25) is 0 Å². The van der Waals surface area contributed by atoms with Crippen LogP contribution < -0.4 is 10.6 Å². The summed E-state index contributed by atoms with van der Waals surface area (Å²) >= 11 is 0. The number of hydrogen-bond donors (Lipinski definition) is 2. The van der Waals surface area contributed by atoms with Crippen molar-refractivity contribution in [1.29, 1.82) is 5.26 Å². The highest BCUT2D eigenvalue weighted by Gasteiger charge is 2.12. The Morgan fingerprint density at radius 3 is 2.83 bits per heavy atom. The molecule has 24 heavy (non-hydrogen) atoms.